The first-order chi connectivity index (χ1) is 13.0. The van der Waals surface area contributed by atoms with Crippen molar-refractivity contribution in [3.8, 4) is 0 Å². The smallest absolute Gasteiger partial charge is 0.223 e. The Bertz CT molecular complexity index is 465. The molecular formula is C24H43NO2. The Morgan fingerprint density at radius 1 is 0.778 bits per heavy atom. The van der Waals surface area contributed by atoms with Gasteiger partial charge in [0.05, 0.1) is 0 Å². The van der Waals surface area contributed by atoms with Crippen LogP contribution >= 0.6 is 0 Å². The van der Waals surface area contributed by atoms with E-state index in [0.29, 0.717) is 12.2 Å². The summed E-state index contributed by atoms with van der Waals surface area (Å²) in [5, 5.41) is 3.37. The zero-order valence-electron chi connectivity index (χ0n) is 18.2. The lowest BCUT2D eigenvalue weighted by Gasteiger charge is -2.69. The summed E-state index contributed by atoms with van der Waals surface area (Å²) in [5.41, 5.74) is -0.0807. The molecule has 156 valence electrons. The van der Waals surface area contributed by atoms with Gasteiger partial charge in [0, 0.05) is 23.3 Å². The standard InChI is InChI=1S/C24H43NO2/c1-4-7-9-11-12-14-16-20(15-13-10-8-5-2)22(27)25-24-17-23(18-24,19-24)21(26)6-3/h20H,4-19H2,1-3H3,(H,25,27). The molecule has 1 N–H and O–H groups in total. The Morgan fingerprint density at radius 3 is 1.78 bits per heavy atom. The van der Waals surface area contributed by atoms with E-state index in [0.717, 1.165) is 32.1 Å². The maximum absolute atomic E-state index is 13.0. The lowest BCUT2D eigenvalue weighted by molar-refractivity contribution is -0.182. The molecule has 2 bridgehead atoms. The summed E-state index contributed by atoms with van der Waals surface area (Å²) in [4.78, 5) is 25.0. The average molecular weight is 378 g/mol. The zero-order chi connectivity index (χ0) is 19.8. The Kier molecular flexibility index (Phi) is 8.82. The van der Waals surface area contributed by atoms with Crippen molar-refractivity contribution in [2.45, 2.75) is 129 Å². The van der Waals surface area contributed by atoms with Crippen molar-refractivity contribution in [1.82, 2.24) is 5.32 Å². The first kappa shape index (κ1) is 22.4. The molecule has 3 heteroatoms. The molecule has 1 amide bonds. The van der Waals surface area contributed by atoms with Crippen molar-refractivity contribution in [3.05, 3.63) is 0 Å². The second kappa shape index (κ2) is 10.6. The van der Waals surface area contributed by atoms with Crippen LogP contribution in [0.2, 0.25) is 0 Å². The molecule has 3 aliphatic rings. The number of carbonyl (C=O) groups excluding carboxylic acids is 2. The second-order valence-electron chi connectivity index (χ2n) is 9.46. The van der Waals surface area contributed by atoms with Gasteiger partial charge < -0.3 is 5.32 Å². The number of hydrogen-bond acceptors (Lipinski definition) is 2. The molecular weight excluding hydrogens is 334 g/mol. The molecule has 0 radical (unpaired) electrons. The predicted molar refractivity (Wildman–Crippen MR) is 113 cm³/mol. The second-order valence-corrected chi connectivity index (χ2v) is 9.46. The normalized spacial score (nSPS) is 26.8. The van der Waals surface area contributed by atoms with Gasteiger partial charge in [-0.25, -0.2) is 0 Å². The highest BCUT2D eigenvalue weighted by atomic mass is 16.2. The average Bonchev–Trinajstić information content (AvgIpc) is 2.60. The number of nitrogens with one attached hydrogen (secondary N) is 1. The SMILES string of the molecule is CCCCCCCCC(CCCCCC)C(=O)NC12CC(C(=O)CC)(C1)C2. The third-order valence-electron chi connectivity index (χ3n) is 7.01. The van der Waals surface area contributed by atoms with E-state index in [4.69, 9.17) is 0 Å². The number of ketones is 1. The largest absolute Gasteiger partial charge is 0.350 e. The molecule has 0 aromatic heterocycles. The predicted octanol–water partition coefficient (Wildman–Crippen LogP) is 6.34. The fourth-order valence-corrected chi connectivity index (χ4v) is 5.35. The minimum atomic E-state index is -0.0576. The maximum atomic E-state index is 13.0. The van der Waals surface area contributed by atoms with E-state index in [9.17, 15) is 9.59 Å². The van der Waals surface area contributed by atoms with Crippen LogP contribution in [0.4, 0.5) is 0 Å². The van der Waals surface area contributed by atoms with Crippen LogP contribution in [-0.4, -0.2) is 17.2 Å². The molecule has 0 saturated heterocycles. The molecule has 0 spiro atoms. The van der Waals surface area contributed by atoms with E-state index < -0.39 is 0 Å². The van der Waals surface area contributed by atoms with Crippen molar-refractivity contribution in [2.24, 2.45) is 11.3 Å². The molecule has 3 saturated carbocycles. The van der Waals surface area contributed by atoms with E-state index in [-0.39, 0.29) is 22.8 Å². The fourth-order valence-electron chi connectivity index (χ4n) is 5.35. The number of hydrogen-bond donors (Lipinski definition) is 1. The van der Waals surface area contributed by atoms with Gasteiger partial charge in [-0.3, -0.25) is 9.59 Å². The Morgan fingerprint density at radius 2 is 1.26 bits per heavy atom. The molecule has 1 atom stereocenters. The third kappa shape index (κ3) is 5.81. The van der Waals surface area contributed by atoms with Crippen molar-refractivity contribution >= 4 is 11.7 Å². The van der Waals surface area contributed by atoms with Gasteiger partial charge in [-0.2, -0.15) is 0 Å². The summed E-state index contributed by atoms with van der Waals surface area (Å²) in [7, 11) is 0. The van der Waals surface area contributed by atoms with E-state index in [1.165, 1.54) is 64.2 Å². The molecule has 3 aliphatic carbocycles. The first-order valence-corrected chi connectivity index (χ1v) is 11.9. The molecule has 3 nitrogen and oxygen atoms in total. The van der Waals surface area contributed by atoms with Gasteiger partial charge in [-0.15, -0.1) is 0 Å². The van der Waals surface area contributed by atoms with Gasteiger partial charge in [-0.05, 0) is 32.1 Å². The number of amides is 1. The topological polar surface area (TPSA) is 46.2 Å². The summed E-state index contributed by atoms with van der Waals surface area (Å²) < 4.78 is 0. The van der Waals surface area contributed by atoms with Gasteiger partial charge in [0.15, 0.2) is 0 Å². The van der Waals surface area contributed by atoms with Gasteiger partial charge in [0.25, 0.3) is 0 Å². The number of Topliss-reactive ketones (excluding diaryl/α,β-unsaturated/α-hetero) is 1. The van der Waals surface area contributed by atoms with Gasteiger partial charge in [0.2, 0.25) is 5.91 Å². The van der Waals surface area contributed by atoms with Crippen LogP contribution in [0.25, 0.3) is 0 Å². The summed E-state index contributed by atoms with van der Waals surface area (Å²) in [6.07, 6.45) is 18.1. The van der Waals surface area contributed by atoms with E-state index in [1.807, 2.05) is 6.92 Å². The zero-order valence-corrected chi connectivity index (χ0v) is 18.2. The molecule has 3 rings (SSSR count). The van der Waals surface area contributed by atoms with Crippen molar-refractivity contribution in [3.63, 3.8) is 0 Å². The van der Waals surface area contributed by atoms with Crippen LogP contribution in [0, 0.1) is 11.3 Å². The van der Waals surface area contributed by atoms with E-state index in [1.54, 1.807) is 0 Å². The number of carbonyl (C=O) groups is 2. The fraction of sp³-hybridized carbons (Fsp3) is 0.917. The van der Waals surface area contributed by atoms with Crippen LogP contribution in [0.3, 0.4) is 0 Å². The molecule has 0 heterocycles. The quantitative estimate of drug-likeness (QED) is 0.319. The van der Waals surface area contributed by atoms with Crippen LogP contribution in [0.1, 0.15) is 124 Å². The van der Waals surface area contributed by atoms with Crippen LogP contribution in [0.5, 0.6) is 0 Å². The minimum Gasteiger partial charge on any atom is -0.350 e. The van der Waals surface area contributed by atoms with Crippen LogP contribution in [0.15, 0.2) is 0 Å². The molecule has 0 aliphatic heterocycles. The van der Waals surface area contributed by atoms with E-state index >= 15 is 0 Å². The summed E-state index contributed by atoms with van der Waals surface area (Å²) >= 11 is 0. The highest BCUT2D eigenvalue weighted by molar-refractivity contribution is 5.90. The minimum absolute atomic E-state index is 0.0231. The molecule has 0 aromatic carbocycles. The highest BCUT2D eigenvalue weighted by Gasteiger charge is 2.71. The lowest BCUT2D eigenvalue weighted by atomic mass is 9.38. The van der Waals surface area contributed by atoms with Crippen molar-refractivity contribution in [1.29, 1.82) is 0 Å². The monoisotopic (exact) mass is 377 g/mol. The number of rotatable bonds is 16. The van der Waals surface area contributed by atoms with Gasteiger partial charge in [0.1, 0.15) is 5.78 Å². The van der Waals surface area contributed by atoms with Crippen LogP contribution < -0.4 is 5.32 Å². The third-order valence-corrected chi connectivity index (χ3v) is 7.01. The lowest BCUT2D eigenvalue weighted by Crippen LogP contribution is -2.77. The Balaban J connectivity index is 1.74. The van der Waals surface area contributed by atoms with E-state index in [2.05, 4.69) is 19.2 Å². The summed E-state index contributed by atoms with van der Waals surface area (Å²) in [6.45, 7) is 6.44. The van der Waals surface area contributed by atoms with Crippen molar-refractivity contribution in [2.75, 3.05) is 0 Å². The van der Waals surface area contributed by atoms with Gasteiger partial charge >= 0.3 is 0 Å². The Hall–Kier alpha value is -0.860. The summed E-state index contributed by atoms with van der Waals surface area (Å²) in [5.74, 6) is 0.860. The van der Waals surface area contributed by atoms with Crippen LogP contribution in [-0.2, 0) is 9.59 Å². The molecule has 1 unspecified atom stereocenters. The molecule has 3 fully saturated rings. The maximum Gasteiger partial charge on any atom is 0.223 e. The summed E-state index contributed by atoms with van der Waals surface area (Å²) in [6, 6.07) is 0. The molecule has 27 heavy (non-hydrogen) atoms. The number of unbranched alkanes of at least 4 members (excludes halogenated alkanes) is 8. The Labute approximate surface area is 167 Å². The first-order valence-electron chi connectivity index (χ1n) is 11.9. The molecule has 0 aromatic rings. The van der Waals surface area contributed by atoms with Gasteiger partial charge in [-0.1, -0.05) is 85.0 Å². The van der Waals surface area contributed by atoms with Crippen molar-refractivity contribution < 1.29 is 9.59 Å². The highest BCUT2D eigenvalue weighted by Crippen LogP contribution is 2.68.